The average molecular weight is 213 g/mol. The summed E-state index contributed by atoms with van der Waals surface area (Å²) in [6, 6.07) is 3.62. The van der Waals surface area contributed by atoms with Crippen molar-refractivity contribution in [3.8, 4) is 5.75 Å². The van der Waals surface area contributed by atoms with Gasteiger partial charge in [-0.2, -0.15) is 0 Å². The van der Waals surface area contributed by atoms with Crippen LogP contribution in [0.4, 0.5) is 4.39 Å². The minimum Gasteiger partial charge on any atom is -0.490 e. The topological polar surface area (TPSA) is 61.6 Å². The molecule has 0 atom stereocenters. The third-order valence-electron chi connectivity index (χ3n) is 1.75. The van der Waals surface area contributed by atoms with E-state index < -0.39 is 11.7 Å². The van der Waals surface area contributed by atoms with Crippen LogP contribution in [-0.4, -0.2) is 26.2 Å². The number of nitrogens with two attached hydrogens (primary N) is 1. The smallest absolute Gasteiger partial charge is 0.252 e. The molecule has 0 bridgehead atoms. The summed E-state index contributed by atoms with van der Waals surface area (Å²) in [5.41, 5.74) is 5.10. The molecule has 0 unspecified atom stereocenters. The molecular weight excluding hydrogens is 201 g/mol. The van der Waals surface area contributed by atoms with Gasteiger partial charge in [-0.25, -0.2) is 4.39 Å². The molecule has 0 saturated carbocycles. The number of carbonyl (C=O) groups is 1. The molecule has 0 aromatic heterocycles. The maximum Gasteiger partial charge on any atom is 0.252 e. The fourth-order valence-electron chi connectivity index (χ4n) is 1.06. The van der Waals surface area contributed by atoms with Crippen molar-refractivity contribution >= 4 is 5.91 Å². The zero-order valence-electron chi connectivity index (χ0n) is 8.33. The molecule has 4 nitrogen and oxygen atoms in total. The molecule has 1 aromatic carbocycles. The zero-order chi connectivity index (χ0) is 11.3. The Bertz CT molecular complexity index is 355. The van der Waals surface area contributed by atoms with Crippen molar-refractivity contribution in [3.63, 3.8) is 0 Å². The molecule has 0 aliphatic heterocycles. The van der Waals surface area contributed by atoms with Crippen LogP contribution in [0.25, 0.3) is 0 Å². The fourth-order valence-corrected chi connectivity index (χ4v) is 1.06. The summed E-state index contributed by atoms with van der Waals surface area (Å²) < 4.78 is 22.8. The molecule has 1 aromatic rings. The fraction of sp³-hybridized carbons (Fsp3) is 0.300. The van der Waals surface area contributed by atoms with Crippen molar-refractivity contribution in [2.24, 2.45) is 5.73 Å². The molecule has 0 spiro atoms. The molecule has 5 heteroatoms. The van der Waals surface area contributed by atoms with Gasteiger partial charge in [-0.15, -0.1) is 0 Å². The first-order valence-electron chi connectivity index (χ1n) is 4.36. The molecule has 0 radical (unpaired) electrons. The highest BCUT2D eigenvalue weighted by atomic mass is 19.1. The Labute approximate surface area is 86.8 Å². The van der Waals surface area contributed by atoms with Crippen LogP contribution in [0.3, 0.4) is 0 Å². The van der Waals surface area contributed by atoms with E-state index in [9.17, 15) is 9.18 Å². The lowest BCUT2D eigenvalue weighted by Gasteiger charge is -2.08. The van der Waals surface area contributed by atoms with E-state index in [1.165, 1.54) is 19.2 Å². The molecule has 15 heavy (non-hydrogen) atoms. The maximum absolute atomic E-state index is 12.8. The second-order valence-corrected chi connectivity index (χ2v) is 2.85. The predicted octanol–water partition coefficient (Wildman–Crippen LogP) is 0.950. The van der Waals surface area contributed by atoms with Crippen molar-refractivity contribution in [3.05, 3.63) is 29.6 Å². The molecular formula is C10H12FNO3. The summed E-state index contributed by atoms with van der Waals surface area (Å²) >= 11 is 0. The van der Waals surface area contributed by atoms with E-state index >= 15 is 0 Å². The quantitative estimate of drug-likeness (QED) is 0.741. The summed E-state index contributed by atoms with van der Waals surface area (Å²) in [7, 11) is 1.53. The standard InChI is InChI=1S/C10H12FNO3/c1-14-4-5-15-9-3-2-7(11)6-8(9)10(12)13/h2-3,6H,4-5H2,1H3,(H2,12,13). The van der Waals surface area contributed by atoms with Crippen LogP contribution in [0.1, 0.15) is 10.4 Å². The molecule has 0 aliphatic rings. The maximum atomic E-state index is 12.8. The Hall–Kier alpha value is -1.62. The number of halogens is 1. The first kappa shape index (κ1) is 11.5. The van der Waals surface area contributed by atoms with E-state index in [2.05, 4.69) is 0 Å². The number of primary amides is 1. The summed E-state index contributed by atoms with van der Waals surface area (Å²) in [5.74, 6) is -0.981. The second-order valence-electron chi connectivity index (χ2n) is 2.85. The van der Waals surface area contributed by atoms with Crippen LogP contribution >= 0.6 is 0 Å². The molecule has 82 valence electrons. The minimum absolute atomic E-state index is 0.0334. The van der Waals surface area contributed by atoms with Crippen LogP contribution in [-0.2, 0) is 4.74 Å². The van der Waals surface area contributed by atoms with Crippen LogP contribution in [0.5, 0.6) is 5.75 Å². The predicted molar refractivity (Wildman–Crippen MR) is 52.3 cm³/mol. The highest BCUT2D eigenvalue weighted by Gasteiger charge is 2.10. The van der Waals surface area contributed by atoms with Gasteiger partial charge in [0.25, 0.3) is 5.91 Å². The largest absolute Gasteiger partial charge is 0.490 e. The molecule has 0 fully saturated rings. The normalized spacial score (nSPS) is 10.0. The number of hydrogen-bond acceptors (Lipinski definition) is 3. The summed E-state index contributed by atoms with van der Waals surface area (Å²) in [4.78, 5) is 11.0. The Balaban J connectivity index is 2.81. The zero-order valence-corrected chi connectivity index (χ0v) is 8.33. The van der Waals surface area contributed by atoms with Gasteiger partial charge in [-0.1, -0.05) is 0 Å². The van der Waals surface area contributed by atoms with Crippen molar-refractivity contribution in [1.29, 1.82) is 0 Å². The van der Waals surface area contributed by atoms with Gasteiger partial charge in [-0.05, 0) is 18.2 Å². The first-order valence-corrected chi connectivity index (χ1v) is 4.36. The van der Waals surface area contributed by atoms with E-state index in [4.69, 9.17) is 15.2 Å². The van der Waals surface area contributed by atoms with E-state index in [1.54, 1.807) is 0 Å². The number of rotatable bonds is 5. The van der Waals surface area contributed by atoms with Gasteiger partial charge in [0.2, 0.25) is 0 Å². The molecule has 1 rings (SSSR count). The van der Waals surface area contributed by atoms with Gasteiger partial charge in [0.1, 0.15) is 18.2 Å². The molecule has 0 saturated heterocycles. The van der Waals surface area contributed by atoms with Gasteiger partial charge in [0.15, 0.2) is 0 Å². The Kier molecular flexibility index (Phi) is 4.05. The van der Waals surface area contributed by atoms with Gasteiger partial charge in [-0.3, -0.25) is 4.79 Å². The lowest BCUT2D eigenvalue weighted by atomic mass is 10.2. The van der Waals surface area contributed by atoms with Crippen LogP contribution < -0.4 is 10.5 Å². The van der Waals surface area contributed by atoms with E-state index in [1.807, 2.05) is 0 Å². The molecule has 2 N–H and O–H groups in total. The molecule has 0 aliphatic carbocycles. The van der Waals surface area contributed by atoms with Crippen LogP contribution in [0.15, 0.2) is 18.2 Å². The SMILES string of the molecule is COCCOc1ccc(F)cc1C(N)=O. The molecule has 1 amide bonds. The van der Waals surface area contributed by atoms with Crippen LogP contribution in [0, 0.1) is 5.82 Å². The highest BCUT2D eigenvalue weighted by Crippen LogP contribution is 2.18. The third-order valence-corrected chi connectivity index (χ3v) is 1.75. The van der Waals surface area contributed by atoms with Crippen molar-refractivity contribution in [1.82, 2.24) is 0 Å². The van der Waals surface area contributed by atoms with Gasteiger partial charge >= 0.3 is 0 Å². The first-order chi connectivity index (χ1) is 7.15. The lowest BCUT2D eigenvalue weighted by molar-refractivity contribution is 0.0991. The third kappa shape index (κ3) is 3.21. The summed E-state index contributed by atoms with van der Waals surface area (Å²) in [5, 5.41) is 0. The van der Waals surface area contributed by atoms with Crippen molar-refractivity contribution < 1.29 is 18.7 Å². The monoisotopic (exact) mass is 213 g/mol. The van der Waals surface area contributed by atoms with E-state index in [0.29, 0.717) is 6.61 Å². The van der Waals surface area contributed by atoms with Crippen LogP contribution in [0.2, 0.25) is 0 Å². The Morgan fingerprint density at radius 2 is 2.20 bits per heavy atom. The summed E-state index contributed by atoms with van der Waals surface area (Å²) in [6.07, 6.45) is 0. The Morgan fingerprint density at radius 1 is 1.47 bits per heavy atom. The minimum atomic E-state index is -0.720. The second kappa shape index (κ2) is 5.31. The van der Waals surface area contributed by atoms with E-state index in [0.717, 1.165) is 6.07 Å². The van der Waals surface area contributed by atoms with Gasteiger partial charge in [0, 0.05) is 7.11 Å². The number of carbonyl (C=O) groups excluding carboxylic acids is 1. The molecule has 0 heterocycles. The van der Waals surface area contributed by atoms with Gasteiger partial charge in [0.05, 0.1) is 12.2 Å². The highest BCUT2D eigenvalue weighted by molar-refractivity contribution is 5.95. The van der Waals surface area contributed by atoms with Crippen molar-refractivity contribution in [2.45, 2.75) is 0 Å². The van der Waals surface area contributed by atoms with E-state index in [-0.39, 0.29) is 17.9 Å². The number of amides is 1. The Morgan fingerprint density at radius 3 is 2.80 bits per heavy atom. The summed E-state index contributed by atoms with van der Waals surface area (Å²) in [6.45, 7) is 0.665. The number of ether oxygens (including phenoxy) is 2. The number of hydrogen-bond donors (Lipinski definition) is 1. The number of methoxy groups -OCH3 is 1. The van der Waals surface area contributed by atoms with Crippen molar-refractivity contribution in [2.75, 3.05) is 20.3 Å². The average Bonchev–Trinajstić information content (AvgIpc) is 2.20. The van der Waals surface area contributed by atoms with Gasteiger partial charge < -0.3 is 15.2 Å². The lowest BCUT2D eigenvalue weighted by Crippen LogP contribution is -2.14. The number of benzene rings is 1.